The predicted octanol–water partition coefficient (Wildman–Crippen LogP) is 4.99. The van der Waals surface area contributed by atoms with Crippen LogP contribution >= 0.6 is 30.8 Å². The van der Waals surface area contributed by atoms with Crippen molar-refractivity contribution in [2.24, 2.45) is 17.8 Å². The first-order chi connectivity index (χ1) is 17.6. The molecule has 20 heteroatoms. The molecule has 2 heterocycles. The fourth-order valence-electron chi connectivity index (χ4n) is 3.77. The van der Waals surface area contributed by atoms with E-state index in [2.05, 4.69) is 0 Å². The molecule has 0 aromatic carbocycles. The molecule has 0 aliphatic carbocycles. The van der Waals surface area contributed by atoms with E-state index >= 15 is 0 Å². The summed E-state index contributed by atoms with van der Waals surface area (Å²) in [6.07, 6.45) is 0.671. The minimum atomic E-state index is -4.58. The minimum absolute atomic E-state index is 0. The molecule has 0 bridgehead atoms. The maximum Gasteiger partial charge on any atom is 0.481 e. The fraction of sp³-hybridized carbons (Fsp3) is 0.947. The summed E-state index contributed by atoms with van der Waals surface area (Å²) in [6.45, 7) is 7.20. The molecule has 0 saturated carbocycles. The van der Waals surface area contributed by atoms with E-state index in [0.717, 1.165) is 28.4 Å². The van der Waals surface area contributed by atoms with Crippen molar-refractivity contribution in [1.29, 1.82) is 0 Å². The molecule has 39 heavy (non-hydrogen) atoms. The summed E-state index contributed by atoms with van der Waals surface area (Å²) in [7, 11) is -8.61. The van der Waals surface area contributed by atoms with Gasteiger partial charge in [0.05, 0.1) is 39.4 Å². The number of hydrogen-bond acceptors (Lipinski definition) is 14. The number of ether oxygens (including phenoxy) is 2. The van der Waals surface area contributed by atoms with E-state index in [1.54, 1.807) is 6.42 Å². The van der Waals surface area contributed by atoms with Crippen LogP contribution in [0.5, 0.6) is 0 Å². The maximum absolute atomic E-state index is 13.4. The minimum Gasteiger partial charge on any atom is -0.415 e. The third-order valence-corrected chi connectivity index (χ3v) is 15.8. The molecule has 11 unspecified atom stereocenters. The third kappa shape index (κ3) is 11.0. The van der Waals surface area contributed by atoms with E-state index in [1.165, 1.54) is 0 Å². The Morgan fingerprint density at radius 1 is 0.718 bits per heavy atom. The molecule has 2 aliphatic heterocycles. The van der Waals surface area contributed by atoms with Gasteiger partial charge in [0.15, 0.2) is 5.90 Å². The smallest absolute Gasteiger partial charge is 0.415 e. The monoisotopic (exact) mass is 714 g/mol. The zero-order valence-corrected chi connectivity index (χ0v) is 29.8. The van der Waals surface area contributed by atoms with Crippen molar-refractivity contribution < 1.29 is 96.2 Å². The molecule has 11 atom stereocenters. The van der Waals surface area contributed by atoms with Crippen LogP contribution in [0, 0.1) is 24.2 Å². The van der Waals surface area contributed by atoms with Crippen molar-refractivity contribution in [3.8, 4) is 0 Å². The zero-order chi connectivity index (χ0) is 28.9. The van der Waals surface area contributed by atoms with Gasteiger partial charge < -0.3 is 24.9 Å². The van der Waals surface area contributed by atoms with Crippen LogP contribution in [-0.2, 0) is 96.2 Å². The Morgan fingerprint density at radius 2 is 1.18 bits per heavy atom. The van der Waals surface area contributed by atoms with Crippen molar-refractivity contribution in [2.75, 3.05) is 47.6 Å². The molecule has 2 rings (SSSR count). The van der Waals surface area contributed by atoms with Gasteiger partial charge in [-0.2, -0.15) is 0 Å². The van der Waals surface area contributed by atoms with Gasteiger partial charge in [-0.3, -0.25) is 27.2 Å². The van der Waals surface area contributed by atoms with Crippen molar-refractivity contribution in [3.05, 3.63) is 6.42 Å². The largest absolute Gasteiger partial charge is 0.481 e. The second-order valence-corrected chi connectivity index (χ2v) is 17.7. The summed E-state index contributed by atoms with van der Waals surface area (Å²) < 4.78 is 104. The van der Waals surface area contributed by atoms with Gasteiger partial charge in [-0.25, -0.2) is 17.8 Å². The Morgan fingerprint density at radius 3 is 1.51 bits per heavy atom. The summed E-state index contributed by atoms with van der Waals surface area (Å²) >= 11 is 0. The predicted molar refractivity (Wildman–Crippen MR) is 138 cm³/mol. The number of hydrogen-bond donors (Lipinski definition) is 0. The van der Waals surface area contributed by atoms with Gasteiger partial charge >= 0.3 is 30.8 Å². The van der Waals surface area contributed by atoms with Crippen LogP contribution in [0.3, 0.4) is 0 Å². The van der Waals surface area contributed by atoms with Crippen LogP contribution in [0.1, 0.15) is 27.7 Å². The van der Waals surface area contributed by atoms with Crippen LogP contribution in [-0.4, -0.2) is 79.7 Å². The summed E-state index contributed by atoms with van der Waals surface area (Å²) in [5.74, 6) is -0.974. The van der Waals surface area contributed by atoms with Crippen molar-refractivity contribution in [1.82, 2.24) is 0 Å². The van der Waals surface area contributed by atoms with Crippen LogP contribution in [0.25, 0.3) is 0 Å². The average Bonchev–Trinajstić information content (AvgIpc) is 3.32. The fourth-order valence-corrected chi connectivity index (χ4v) is 12.5. The van der Waals surface area contributed by atoms with E-state index < -0.39 is 55.0 Å². The number of phosphoric acid groups is 2. The van der Waals surface area contributed by atoms with Gasteiger partial charge in [0, 0.05) is 61.1 Å². The molecular formula is C19H38BO14P4Y-. The van der Waals surface area contributed by atoms with E-state index in [9.17, 15) is 18.3 Å². The zero-order valence-electron chi connectivity index (χ0n) is 23.4. The van der Waals surface area contributed by atoms with E-state index in [-0.39, 0.29) is 69.8 Å². The topological polar surface area (TPSA) is 161 Å². The van der Waals surface area contributed by atoms with Crippen molar-refractivity contribution >= 4 is 38.7 Å². The summed E-state index contributed by atoms with van der Waals surface area (Å²) in [4.78, 5) is 0. The molecule has 0 N–H and O–H groups in total. The maximum atomic E-state index is 13.4. The first kappa shape index (κ1) is 38.7. The Hall–Kier alpha value is 1.69. The summed E-state index contributed by atoms with van der Waals surface area (Å²) in [6, 6.07) is -0.634. The molecular weight excluding hydrogens is 676 g/mol. The SMILES string of the molecule is [B]C1[CH-]C(C)C(COP(=O)(OC)OP(=O)(CP(=O)(OC)OP(=O)(OC)OCC2OC(C)C(C)C2C)OC)O1.[Y]. The number of rotatable bonds is 16. The molecule has 225 valence electrons. The van der Waals surface area contributed by atoms with E-state index in [0.29, 0.717) is 0 Å². The van der Waals surface area contributed by atoms with Gasteiger partial charge in [0.25, 0.3) is 0 Å². The third-order valence-electron chi connectivity index (χ3n) is 6.55. The Kier molecular flexibility index (Phi) is 16.0. The molecule has 0 aromatic heterocycles. The summed E-state index contributed by atoms with van der Waals surface area (Å²) in [5, 5.41) is 0. The Bertz CT molecular complexity index is 974. The summed E-state index contributed by atoms with van der Waals surface area (Å²) in [5.41, 5.74) is 0. The molecule has 0 spiro atoms. The second kappa shape index (κ2) is 16.1. The van der Waals surface area contributed by atoms with Gasteiger partial charge in [0.1, 0.15) is 0 Å². The molecule has 0 amide bonds. The van der Waals surface area contributed by atoms with Gasteiger partial charge in [-0.1, -0.05) is 26.8 Å². The standard InChI is InChI=1S/C19H38BO14P4.Y/c1-13-9-19(20)32-17(13)10-29-37(23,27-7)33-35(21,25-5)12-36(22,26-6)34-38(24,28-8)30-11-18-15(3)14(2)16(4)31-18;/h9,13-19H,10-12H2,1-8H3;/q-1;. The van der Waals surface area contributed by atoms with Crippen LogP contribution in [0.15, 0.2) is 0 Å². The van der Waals surface area contributed by atoms with Crippen LogP contribution in [0.4, 0.5) is 0 Å². The van der Waals surface area contributed by atoms with Gasteiger partial charge in [-0.15, -0.1) is 5.92 Å². The molecule has 2 saturated heterocycles. The molecule has 0 aromatic rings. The Balaban J connectivity index is 0.00000760. The average molecular weight is 714 g/mol. The Labute approximate surface area is 257 Å². The van der Waals surface area contributed by atoms with Crippen molar-refractivity contribution in [3.63, 3.8) is 0 Å². The normalized spacial score (nSPS) is 35.3. The van der Waals surface area contributed by atoms with E-state index in [1.807, 2.05) is 27.7 Å². The quantitative estimate of drug-likeness (QED) is 0.120. The number of phosphoric ester groups is 2. The van der Waals surface area contributed by atoms with Crippen LogP contribution < -0.4 is 0 Å². The molecule has 3 radical (unpaired) electrons. The van der Waals surface area contributed by atoms with E-state index in [4.69, 9.17) is 53.1 Å². The first-order valence-corrected chi connectivity index (χ1v) is 18.2. The van der Waals surface area contributed by atoms with Crippen LogP contribution in [0.2, 0.25) is 0 Å². The first-order valence-electron chi connectivity index (χ1n) is 11.8. The van der Waals surface area contributed by atoms with Crippen molar-refractivity contribution in [2.45, 2.75) is 52.0 Å². The molecule has 14 nitrogen and oxygen atoms in total. The van der Waals surface area contributed by atoms with Gasteiger partial charge in [-0.05, 0) is 18.8 Å². The van der Waals surface area contributed by atoms with Gasteiger partial charge in [0.2, 0.25) is 0 Å². The molecule has 2 fully saturated rings. The second-order valence-electron chi connectivity index (χ2n) is 9.03. The molecule has 2 aliphatic rings.